The predicted molar refractivity (Wildman–Crippen MR) is 104 cm³/mol. The minimum atomic E-state index is 0.127. The summed E-state index contributed by atoms with van der Waals surface area (Å²) in [4.78, 5) is 23.7. The number of carbonyl (C=O) groups is 1. The predicted octanol–water partition coefficient (Wildman–Crippen LogP) is 3.14. The molecule has 4 heterocycles. The maximum absolute atomic E-state index is 12.9. The first-order valence-electron chi connectivity index (χ1n) is 9.46. The van der Waals surface area contributed by atoms with E-state index in [-0.39, 0.29) is 5.91 Å². The lowest BCUT2D eigenvalue weighted by molar-refractivity contribution is 0.0653. The number of nitrogens with zero attached hydrogens (tertiary/aromatic N) is 5. The first-order valence-corrected chi connectivity index (χ1v) is 9.46. The van der Waals surface area contributed by atoms with Gasteiger partial charge in [-0.1, -0.05) is 0 Å². The van der Waals surface area contributed by atoms with Crippen LogP contribution >= 0.6 is 0 Å². The number of piperidine rings is 1. The molecule has 1 amide bonds. The number of aromatic nitrogens is 4. The molecule has 0 radical (unpaired) electrons. The lowest BCUT2D eigenvalue weighted by atomic mass is 9.97. The number of hydrogen-bond donors (Lipinski definition) is 0. The molecule has 1 saturated heterocycles. The van der Waals surface area contributed by atoms with Gasteiger partial charge in [0.2, 0.25) is 0 Å². The van der Waals surface area contributed by atoms with Gasteiger partial charge >= 0.3 is 0 Å². The van der Waals surface area contributed by atoms with E-state index in [1.807, 2.05) is 59.4 Å². The van der Waals surface area contributed by atoms with Crippen LogP contribution in [-0.4, -0.2) is 43.0 Å². The van der Waals surface area contributed by atoms with E-state index in [1.165, 1.54) is 0 Å². The van der Waals surface area contributed by atoms with E-state index in [2.05, 4.69) is 21.5 Å². The average Bonchev–Trinajstić information content (AvgIpc) is 3.28. The second-order valence-corrected chi connectivity index (χ2v) is 7.34. The zero-order valence-corrected chi connectivity index (χ0v) is 15.9. The van der Waals surface area contributed by atoms with Gasteiger partial charge < -0.3 is 14.0 Å². The summed E-state index contributed by atoms with van der Waals surface area (Å²) < 4.78 is 4.16. The highest BCUT2D eigenvalue weighted by atomic mass is 16.2. The normalized spacial score (nSPS) is 17.3. The van der Waals surface area contributed by atoms with Gasteiger partial charge in [0.1, 0.15) is 11.5 Å². The van der Waals surface area contributed by atoms with Gasteiger partial charge in [-0.15, -0.1) is 0 Å². The van der Waals surface area contributed by atoms with Crippen molar-refractivity contribution in [3.05, 3.63) is 60.4 Å². The summed E-state index contributed by atoms with van der Waals surface area (Å²) in [7, 11) is 1.92. The lowest BCUT2D eigenvalue weighted by Crippen LogP contribution is -2.41. The fraction of sp³-hybridized carbons (Fsp3) is 0.381. The molecule has 1 unspecified atom stereocenters. The first-order chi connectivity index (χ1) is 13.1. The summed E-state index contributed by atoms with van der Waals surface area (Å²) in [5.41, 5.74) is 2.92. The van der Waals surface area contributed by atoms with Crippen molar-refractivity contribution in [2.24, 2.45) is 13.0 Å². The highest BCUT2D eigenvalue weighted by molar-refractivity contribution is 5.92. The third-order valence-corrected chi connectivity index (χ3v) is 5.38. The van der Waals surface area contributed by atoms with Gasteiger partial charge in [-0.2, -0.15) is 0 Å². The van der Waals surface area contributed by atoms with Gasteiger partial charge in [-0.05, 0) is 49.9 Å². The maximum atomic E-state index is 12.9. The summed E-state index contributed by atoms with van der Waals surface area (Å²) >= 11 is 0. The van der Waals surface area contributed by atoms with E-state index in [1.54, 1.807) is 6.20 Å². The van der Waals surface area contributed by atoms with Crippen molar-refractivity contribution in [1.29, 1.82) is 0 Å². The third-order valence-electron chi connectivity index (χ3n) is 5.38. The molecule has 140 valence electrons. The fourth-order valence-electron chi connectivity index (χ4n) is 3.92. The zero-order chi connectivity index (χ0) is 18.8. The molecule has 3 aromatic rings. The monoisotopic (exact) mass is 363 g/mol. The van der Waals surface area contributed by atoms with E-state index in [0.717, 1.165) is 55.3 Å². The molecule has 1 aliphatic heterocycles. The third kappa shape index (κ3) is 3.52. The average molecular weight is 363 g/mol. The Morgan fingerprint density at radius 3 is 2.89 bits per heavy atom. The van der Waals surface area contributed by atoms with Crippen LogP contribution in [-0.2, 0) is 13.6 Å². The number of rotatable bonds is 4. The molecule has 3 aromatic heterocycles. The summed E-state index contributed by atoms with van der Waals surface area (Å²) in [5, 5.41) is 0. The van der Waals surface area contributed by atoms with Crippen LogP contribution in [0.25, 0.3) is 11.4 Å². The van der Waals surface area contributed by atoms with E-state index in [0.29, 0.717) is 5.92 Å². The molecule has 0 aromatic carbocycles. The van der Waals surface area contributed by atoms with E-state index in [4.69, 9.17) is 0 Å². The van der Waals surface area contributed by atoms with Crippen molar-refractivity contribution in [2.45, 2.75) is 26.3 Å². The van der Waals surface area contributed by atoms with Gasteiger partial charge in [0.15, 0.2) is 0 Å². The number of likely N-dealkylation sites (tertiary alicyclic amines) is 1. The number of hydrogen-bond acceptors (Lipinski definition) is 3. The van der Waals surface area contributed by atoms with Crippen molar-refractivity contribution in [1.82, 2.24) is 24.0 Å². The van der Waals surface area contributed by atoms with Crippen LogP contribution in [0, 0.1) is 12.8 Å². The summed E-state index contributed by atoms with van der Waals surface area (Å²) in [5.74, 6) is 1.50. The van der Waals surface area contributed by atoms with Crippen LogP contribution in [0.15, 0.2) is 49.1 Å². The Bertz CT molecular complexity index is 927. The molecule has 1 atom stereocenters. The van der Waals surface area contributed by atoms with Gasteiger partial charge in [0.25, 0.3) is 5.91 Å². The molecule has 0 aliphatic carbocycles. The molecular weight excluding hydrogens is 338 g/mol. The van der Waals surface area contributed by atoms with Gasteiger partial charge in [0.05, 0.1) is 0 Å². The van der Waals surface area contributed by atoms with Crippen molar-refractivity contribution < 1.29 is 4.79 Å². The topological polar surface area (TPSA) is 56.0 Å². The molecule has 0 spiro atoms. The Hall–Kier alpha value is -2.89. The highest BCUT2D eigenvalue weighted by Crippen LogP contribution is 2.25. The van der Waals surface area contributed by atoms with Crippen LogP contribution in [0.3, 0.4) is 0 Å². The summed E-state index contributed by atoms with van der Waals surface area (Å²) in [6, 6.07) is 7.79. The number of aryl methyl sites for hydroxylation is 2. The largest absolute Gasteiger partial charge is 0.347 e. The van der Waals surface area contributed by atoms with E-state index in [9.17, 15) is 4.79 Å². The van der Waals surface area contributed by atoms with Gasteiger partial charge in [-0.25, -0.2) is 4.98 Å². The van der Waals surface area contributed by atoms with Crippen molar-refractivity contribution in [3.63, 3.8) is 0 Å². The Morgan fingerprint density at radius 2 is 2.15 bits per heavy atom. The maximum Gasteiger partial charge on any atom is 0.270 e. The highest BCUT2D eigenvalue weighted by Gasteiger charge is 2.26. The minimum Gasteiger partial charge on any atom is -0.347 e. The Morgan fingerprint density at radius 1 is 1.26 bits per heavy atom. The van der Waals surface area contributed by atoms with Crippen LogP contribution in [0.4, 0.5) is 0 Å². The summed E-state index contributed by atoms with van der Waals surface area (Å²) in [6.07, 6.45) is 9.63. The van der Waals surface area contributed by atoms with Crippen molar-refractivity contribution >= 4 is 5.91 Å². The fourth-order valence-corrected chi connectivity index (χ4v) is 3.92. The summed E-state index contributed by atoms with van der Waals surface area (Å²) in [6.45, 7) is 4.57. The van der Waals surface area contributed by atoms with Gasteiger partial charge in [-0.3, -0.25) is 9.78 Å². The first kappa shape index (κ1) is 17.5. The van der Waals surface area contributed by atoms with Crippen molar-refractivity contribution in [3.8, 4) is 11.4 Å². The quantitative estimate of drug-likeness (QED) is 0.715. The van der Waals surface area contributed by atoms with Crippen LogP contribution in [0.2, 0.25) is 0 Å². The molecule has 4 rings (SSSR count). The number of imidazole rings is 1. The second-order valence-electron chi connectivity index (χ2n) is 7.34. The number of pyridine rings is 1. The minimum absolute atomic E-state index is 0.127. The van der Waals surface area contributed by atoms with Crippen LogP contribution in [0.5, 0.6) is 0 Å². The van der Waals surface area contributed by atoms with E-state index < -0.39 is 0 Å². The lowest BCUT2D eigenvalue weighted by Gasteiger charge is -2.33. The van der Waals surface area contributed by atoms with Crippen LogP contribution < -0.4 is 0 Å². The standard InChI is InChI=1S/C21H25N5O/c1-16-12-23-20(18-7-3-9-22-13-18)26(16)15-17-6-4-11-25(14-17)21(27)19-8-5-10-24(19)2/h3,5,7-10,12-13,17H,4,6,11,14-15H2,1-2H3. The number of amides is 1. The van der Waals surface area contributed by atoms with E-state index >= 15 is 0 Å². The molecule has 1 aliphatic rings. The second kappa shape index (κ2) is 7.39. The molecule has 6 nitrogen and oxygen atoms in total. The Kier molecular flexibility index (Phi) is 4.79. The van der Waals surface area contributed by atoms with Crippen LogP contribution in [0.1, 0.15) is 29.0 Å². The Labute approximate surface area is 159 Å². The van der Waals surface area contributed by atoms with Gasteiger partial charge in [0, 0.05) is 62.7 Å². The molecule has 27 heavy (non-hydrogen) atoms. The molecule has 0 N–H and O–H groups in total. The molecule has 0 saturated carbocycles. The smallest absolute Gasteiger partial charge is 0.270 e. The SMILES string of the molecule is Cc1cnc(-c2cccnc2)n1CC1CCCN(C(=O)c2cccn2C)C1. The molecule has 1 fully saturated rings. The molecule has 0 bridgehead atoms. The van der Waals surface area contributed by atoms with Crippen molar-refractivity contribution in [2.75, 3.05) is 13.1 Å². The molecular formula is C21H25N5O. The number of carbonyl (C=O) groups excluding carboxylic acids is 1. The Balaban J connectivity index is 1.51. The zero-order valence-electron chi connectivity index (χ0n) is 15.9. The molecule has 6 heteroatoms.